The van der Waals surface area contributed by atoms with Crippen LogP contribution in [-0.2, 0) is 0 Å². The van der Waals surface area contributed by atoms with E-state index < -0.39 is 78.5 Å². The molecule has 0 spiro atoms. The molecule has 0 fully saturated rings. The largest absolute Gasteiger partial charge is 0.488 e. The lowest BCUT2D eigenvalue weighted by Gasteiger charge is -2.06. The van der Waals surface area contributed by atoms with Gasteiger partial charge in [0.25, 0.3) is 0 Å². The fourth-order valence-electron chi connectivity index (χ4n) is 0.882. The highest BCUT2D eigenvalue weighted by Gasteiger charge is 2.09. The zero-order valence-electron chi connectivity index (χ0n) is 16.9. The van der Waals surface area contributed by atoms with Crippen molar-refractivity contribution in [1.82, 2.24) is 0 Å². The molecule has 3 nitrogen and oxygen atoms in total. The molecule has 0 atom stereocenters. The van der Waals surface area contributed by atoms with Gasteiger partial charge in [0.15, 0.2) is 0 Å². The molecule has 4 heteroatoms. The van der Waals surface area contributed by atoms with Crippen LogP contribution in [0.4, 0.5) is 0 Å². The van der Waals surface area contributed by atoms with Gasteiger partial charge in [0, 0.05) is 0 Å². The number of hydrogen-bond acceptors (Lipinski definition) is 3. The molecule has 2 N–H and O–H groups in total. The second-order valence-corrected chi connectivity index (χ2v) is 2.67. The second-order valence-electron chi connectivity index (χ2n) is 2.67. The van der Waals surface area contributed by atoms with Crippen LogP contribution in [0.3, 0.4) is 0 Å². The van der Waals surface area contributed by atoms with Gasteiger partial charge < -0.3 is 14.8 Å². The summed E-state index contributed by atoms with van der Waals surface area (Å²) >= 11 is 0. The van der Waals surface area contributed by atoms with Crippen LogP contribution >= 0.6 is 0 Å². The van der Waals surface area contributed by atoms with E-state index in [-0.39, 0.29) is 0 Å². The van der Waals surface area contributed by atoms with Crippen LogP contribution in [-0.4, -0.2) is 17.2 Å². The molecule has 0 aromatic heterocycles. The molecule has 0 aliphatic carbocycles. The van der Waals surface area contributed by atoms with E-state index in [1.54, 1.807) is 0 Å². The standard InChI is InChI=1S/C12H11BO3/c14-13(15)10-6-8-12(9-7-10)16-11-4-2-1-3-5-11/h1-9,14-15H/i1D,2D,3D,4D,5D,6D,7D,8D,9D. The van der Waals surface area contributed by atoms with Crippen molar-refractivity contribution in [1.29, 1.82) is 0 Å². The molecule has 2 aromatic rings. The van der Waals surface area contributed by atoms with Gasteiger partial charge in [-0.3, -0.25) is 0 Å². The first-order valence-electron chi connectivity index (χ1n) is 8.71. The van der Waals surface area contributed by atoms with Gasteiger partial charge in [-0.2, -0.15) is 0 Å². The van der Waals surface area contributed by atoms with Crippen LogP contribution in [0, 0.1) is 0 Å². The average Bonchev–Trinajstić information content (AvgIpc) is 2.55. The molecule has 0 aliphatic rings. The highest BCUT2D eigenvalue weighted by Crippen LogP contribution is 2.19. The van der Waals surface area contributed by atoms with Crippen LogP contribution in [0.25, 0.3) is 0 Å². The fourth-order valence-corrected chi connectivity index (χ4v) is 0.882. The monoisotopic (exact) mass is 223 g/mol. The Morgan fingerprint density at radius 2 is 1.44 bits per heavy atom. The van der Waals surface area contributed by atoms with Crippen molar-refractivity contribution >= 4 is 12.6 Å². The maximum atomic E-state index is 9.18. The average molecular weight is 223 g/mol. The van der Waals surface area contributed by atoms with Crippen molar-refractivity contribution in [2.24, 2.45) is 0 Å². The van der Waals surface area contributed by atoms with Crippen molar-refractivity contribution in [3.05, 3.63) is 54.4 Å². The van der Waals surface area contributed by atoms with Gasteiger partial charge in [0.05, 0.1) is 12.3 Å². The Hall–Kier alpha value is -1.78. The van der Waals surface area contributed by atoms with E-state index in [1.165, 1.54) is 0 Å². The van der Waals surface area contributed by atoms with E-state index in [2.05, 4.69) is 0 Å². The summed E-state index contributed by atoms with van der Waals surface area (Å²) in [6, 6.07) is -6.57. The third kappa shape index (κ3) is 2.62. The highest BCUT2D eigenvalue weighted by molar-refractivity contribution is 6.58. The number of rotatable bonds is 3. The van der Waals surface area contributed by atoms with Gasteiger partial charge in [-0.15, -0.1) is 0 Å². The molecule has 16 heavy (non-hydrogen) atoms. The lowest BCUT2D eigenvalue weighted by Crippen LogP contribution is -2.29. The molecule has 2 aromatic carbocycles. The molecule has 0 heterocycles. The Morgan fingerprint density at radius 1 is 0.875 bits per heavy atom. The van der Waals surface area contributed by atoms with Crippen LogP contribution in [0.1, 0.15) is 12.3 Å². The van der Waals surface area contributed by atoms with Crippen LogP contribution in [0.5, 0.6) is 11.5 Å². The third-order valence-corrected chi connectivity index (χ3v) is 1.56. The molecule has 80 valence electrons. The smallest absolute Gasteiger partial charge is 0.457 e. The molecule has 0 saturated heterocycles. The second kappa shape index (κ2) is 4.83. The lowest BCUT2D eigenvalue weighted by molar-refractivity contribution is 0.425. The summed E-state index contributed by atoms with van der Waals surface area (Å²) in [5, 5.41) is 18.4. The zero-order chi connectivity index (χ0) is 19.2. The van der Waals surface area contributed by atoms with Crippen molar-refractivity contribution < 1.29 is 27.1 Å². The Bertz CT molecular complexity index is 814. The zero-order valence-corrected chi connectivity index (χ0v) is 7.88. The summed E-state index contributed by atoms with van der Waals surface area (Å²) in [4.78, 5) is 0. The summed E-state index contributed by atoms with van der Waals surface area (Å²) in [6.07, 6.45) is 0. The van der Waals surface area contributed by atoms with Crippen LogP contribution < -0.4 is 10.2 Å². The highest BCUT2D eigenvalue weighted by atomic mass is 16.5. The summed E-state index contributed by atoms with van der Waals surface area (Å²) in [5.74, 6) is -1.36. The molecule has 0 saturated carbocycles. The van der Waals surface area contributed by atoms with E-state index in [4.69, 9.17) is 17.1 Å². The molecule has 0 radical (unpaired) electrons. The van der Waals surface area contributed by atoms with Crippen molar-refractivity contribution in [3.63, 3.8) is 0 Å². The van der Waals surface area contributed by atoms with Crippen molar-refractivity contribution in [3.8, 4) is 11.5 Å². The van der Waals surface area contributed by atoms with Crippen LogP contribution in [0.15, 0.2) is 54.4 Å². The summed E-state index contributed by atoms with van der Waals surface area (Å²) < 4.78 is 74.3. The predicted molar refractivity (Wildman–Crippen MR) is 62.8 cm³/mol. The van der Waals surface area contributed by atoms with Crippen molar-refractivity contribution in [2.75, 3.05) is 0 Å². The SMILES string of the molecule is [2H]c1c([2H])c([2H])c(Oc2c([2H])c([2H])c(B(O)O)c([2H])c2[2H])c([2H])c1[2H]. The number of para-hydroxylation sites is 1. The number of benzene rings is 2. The topological polar surface area (TPSA) is 49.7 Å². The molecule has 2 rings (SSSR count). The summed E-state index contributed by atoms with van der Waals surface area (Å²) in [7, 11) is -2.25. The lowest BCUT2D eigenvalue weighted by atomic mass is 9.80. The van der Waals surface area contributed by atoms with Gasteiger partial charge in [-0.05, 0) is 29.6 Å². The molecular formula is C12H11BO3. The Labute approximate surface area is 107 Å². The van der Waals surface area contributed by atoms with Gasteiger partial charge in [-0.25, -0.2) is 0 Å². The minimum atomic E-state index is -2.25. The maximum absolute atomic E-state index is 9.18. The van der Waals surface area contributed by atoms with E-state index in [0.29, 0.717) is 0 Å². The predicted octanol–water partition coefficient (Wildman–Crippen LogP) is 1.16. The Morgan fingerprint density at radius 3 is 2.00 bits per heavy atom. The number of ether oxygens (including phenoxy) is 1. The molecule has 0 unspecified atom stereocenters. The maximum Gasteiger partial charge on any atom is 0.488 e. The first-order chi connectivity index (χ1) is 11.5. The molecular weight excluding hydrogens is 203 g/mol. The molecule has 0 amide bonds. The first-order valence-corrected chi connectivity index (χ1v) is 4.21. The van der Waals surface area contributed by atoms with Gasteiger partial charge in [-0.1, -0.05) is 30.2 Å². The molecule has 0 aliphatic heterocycles. The molecule has 0 bridgehead atoms. The normalized spacial score (nSPS) is 17.8. The Balaban J connectivity index is 2.72. The fraction of sp³-hybridized carbons (Fsp3) is 0. The van der Waals surface area contributed by atoms with E-state index in [1.807, 2.05) is 0 Å². The summed E-state index contributed by atoms with van der Waals surface area (Å²) in [6.45, 7) is 0. The quantitative estimate of drug-likeness (QED) is 0.767. The van der Waals surface area contributed by atoms with E-state index >= 15 is 0 Å². The van der Waals surface area contributed by atoms with E-state index in [0.717, 1.165) is 0 Å². The summed E-state index contributed by atoms with van der Waals surface area (Å²) in [5.41, 5.74) is -0.664. The third-order valence-electron chi connectivity index (χ3n) is 1.56. The van der Waals surface area contributed by atoms with Gasteiger partial charge in [0.1, 0.15) is 11.5 Å². The van der Waals surface area contributed by atoms with Crippen LogP contribution in [0.2, 0.25) is 0 Å². The first kappa shape index (κ1) is 4.24. The van der Waals surface area contributed by atoms with E-state index in [9.17, 15) is 10.0 Å². The van der Waals surface area contributed by atoms with Gasteiger partial charge >= 0.3 is 7.12 Å². The minimum absolute atomic E-state index is 0.652. The Kier molecular flexibility index (Phi) is 1.28. The minimum Gasteiger partial charge on any atom is -0.457 e. The number of hydrogen-bond donors (Lipinski definition) is 2. The van der Waals surface area contributed by atoms with Crippen molar-refractivity contribution in [2.45, 2.75) is 0 Å². The van der Waals surface area contributed by atoms with Gasteiger partial charge in [0.2, 0.25) is 0 Å².